The molecule has 27 heavy (non-hydrogen) atoms. The maximum absolute atomic E-state index is 12.2. The summed E-state index contributed by atoms with van der Waals surface area (Å²) < 4.78 is 4.62. The highest BCUT2D eigenvalue weighted by molar-refractivity contribution is 5.96. The molecular weight excluding hydrogens is 344 g/mol. The van der Waals surface area contributed by atoms with Gasteiger partial charge in [0.25, 0.3) is 0 Å². The third-order valence-electron chi connectivity index (χ3n) is 5.28. The van der Waals surface area contributed by atoms with Gasteiger partial charge in [-0.2, -0.15) is 0 Å². The molecule has 0 bridgehead atoms. The Morgan fingerprint density at radius 1 is 1.26 bits per heavy atom. The Kier molecular flexibility index (Phi) is 10.4. The molecule has 2 N–H and O–H groups in total. The first kappa shape index (κ1) is 23.4. The van der Waals surface area contributed by atoms with E-state index in [1.54, 1.807) is 0 Å². The molecule has 0 heterocycles. The normalized spacial score (nSPS) is 22.1. The van der Waals surface area contributed by atoms with Gasteiger partial charge in [0.15, 0.2) is 5.78 Å². The number of carbonyl (C=O) groups excluding carboxylic acids is 2. The van der Waals surface area contributed by atoms with Crippen molar-refractivity contribution in [3.05, 3.63) is 24.0 Å². The van der Waals surface area contributed by atoms with Crippen LogP contribution in [0.4, 0.5) is 0 Å². The summed E-state index contributed by atoms with van der Waals surface area (Å²) in [6, 6.07) is 0. The number of ether oxygens (including phenoxy) is 1. The van der Waals surface area contributed by atoms with E-state index in [0.717, 1.165) is 51.4 Å². The lowest BCUT2D eigenvalue weighted by molar-refractivity contribution is -0.140. The number of hydrogen-bond acceptors (Lipinski definition) is 5. The monoisotopic (exact) mass is 380 g/mol. The van der Waals surface area contributed by atoms with Gasteiger partial charge in [0.2, 0.25) is 0 Å². The average molecular weight is 381 g/mol. The van der Waals surface area contributed by atoms with Gasteiger partial charge >= 0.3 is 5.97 Å². The van der Waals surface area contributed by atoms with E-state index in [-0.39, 0.29) is 29.3 Å². The maximum Gasteiger partial charge on any atom is 0.305 e. The highest BCUT2D eigenvalue weighted by Gasteiger charge is 2.34. The molecule has 154 valence electrons. The van der Waals surface area contributed by atoms with E-state index < -0.39 is 5.60 Å². The maximum atomic E-state index is 12.2. The molecular formula is C22H36O5. The van der Waals surface area contributed by atoms with Crippen LogP contribution in [0.15, 0.2) is 24.0 Å². The van der Waals surface area contributed by atoms with Crippen molar-refractivity contribution in [1.82, 2.24) is 0 Å². The summed E-state index contributed by atoms with van der Waals surface area (Å²) in [6.45, 7) is 3.92. The van der Waals surface area contributed by atoms with Crippen molar-refractivity contribution in [3.63, 3.8) is 0 Å². The average Bonchev–Trinajstić information content (AvgIpc) is 2.89. The molecule has 0 aromatic rings. The van der Waals surface area contributed by atoms with E-state index in [1.165, 1.54) is 13.2 Å². The number of allylic oxidation sites excluding steroid dienone is 3. The summed E-state index contributed by atoms with van der Waals surface area (Å²) in [5.41, 5.74) is -0.751. The van der Waals surface area contributed by atoms with Crippen LogP contribution in [0.5, 0.6) is 0 Å². The van der Waals surface area contributed by atoms with Gasteiger partial charge in [-0.15, -0.1) is 0 Å². The molecule has 0 aliphatic heterocycles. The molecule has 1 rings (SSSR count). The number of hydrogen-bond donors (Lipinski definition) is 2. The first-order valence-electron chi connectivity index (χ1n) is 10.2. The lowest BCUT2D eigenvalue weighted by Gasteiger charge is -2.22. The van der Waals surface area contributed by atoms with E-state index in [9.17, 15) is 19.8 Å². The fraction of sp³-hybridized carbons (Fsp3) is 0.727. The SMILES string of the molecule is CCCCC(C)(O)C/C=C/[C@H]1C(=O)C=C(O)[C@H]1CCCCCCC(=O)OC. The summed E-state index contributed by atoms with van der Waals surface area (Å²) in [4.78, 5) is 23.2. The molecule has 0 aromatic heterocycles. The van der Waals surface area contributed by atoms with Crippen molar-refractivity contribution >= 4 is 11.8 Å². The summed E-state index contributed by atoms with van der Waals surface area (Å²) in [7, 11) is 1.39. The van der Waals surface area contributed by atoms with Crippen LogP contribution in [0.1, 0.15) is 78.1 Å². The molecule has 0 spiro atoms. The molecule has 3 atom stereocenters. The predicted molar refractivity (Wildman–Crippen MR) is 106 cm³/mol. The van der Waals surface area contributed by atoms with Crippen LogP contribution in [0.2, 0.25) is 0 Å². The molecule has 1 aliphatic carbocycles. The van der Waals surface area contributed by atoms with Crippen LogP contribution < -0.4 is 0 Å². The lowest BCUT2D eigenvalue weighted by atomic mass is 9.87. The summed E-state index contributed by atoms with van der Waals surface area (Å²) >= 11 is 0. The second kappa shape index (κ2) is 12.0. The van der Waals surface area contributed by atoms with E-state index in [0.29, 0.717) is 12.8 Å². The van der Waals surface area contributed by atoms with Crippen molar-refractivity contribution in [2.75, 3.05) is 7.11 Å². The third-order valence-corrected chi connectivity index (χ3v) is 5.28. The molecule has 0 saturated heterocycles. The van der Waals surface area contributed by atoms with Gasteiger partial charge in [-0.05, 0) is 32.6 Å². The highest BCUT2D eigenvalue weighted by atomic mass is 16.5. The Morgan fingerprint density at radius 3 is 2.63 bits per heavy atom. The highest BCUT2D eigenvalue weighted by Crippen LogP contribution is 2.33. The first-order valence-corrected chi connectivity index (χ1v) is 10.2. The number of rotatable bonds is 13. The van der Waals surface area contributed by atoms with E-state index in [1.807, 2.05) is 19.1 Å². The van der Waals surface area contributed by atoms with Crippen molar-refractivity contribution in [3.8, 4) is 0 Å². The molecule has 1 unspecified atom stereocenters. The van der Waals surface area contributed by atoms with Crippen LogP contribution in [-0.2, 0) is 14.3 Å². The van der Waals surface area contributed by atoms with Gasteiger partial charge in [-0.1, -0.05) is 51.2 Å². The number of carbonyl (C=O) groups is 2. The van der Waals surface area contributed by atoms with E-state index >= 15 is 0 Å². The molecule has 0 aromatic carbocycles. The zero-order valence-corrected chi connectivity index (χ0v) is 17.1. The van der Waals surface area contributed by atoms with Crippen molar-refractivity contribution in [2.45, 2.75) is 83.7 Å². The number of methoxy groups -OCH3 is 1. The second-order valence-electron chi connectivity index (χ2n) is 7.87. The first-order chi connectivity index (χ1) is 12.8. The summed E-state index contributed by atoms with van der Waals surface area (Å²) in [5, 5.41) is 20.5. The molecule has 0 radical (unpaired) electrons. The fourth-order valence-corrected chi connectivity index (χ4v) is 3.51. The molecule has 5 heteroatoms. The standard InChI is InChI=1S/C22H36O5/c1-4-5-14-22(2,26)15-10-12-18-17(19(23)16-20(18)24)11-8-6-7-9-13-21(25)27-3/h10,12,16-18,23,26H,4-9,11,13-15H2,1-3H3/b12-10+/t17-,18+,22?/m0/s1. The summed E-state index contributed by atoms with van der Waals surface area (Å²) in [5.74, 6) is -0.580. The molecule has 0 amide bonds. The lowest BCUT2D eigenvalue weighted by Crippen LogP contribution is -2.23. The molecule has 1 aliphatic rings. The van der Waals surface area contributed by atoms with Gasteiger partial charge in [-0.3, -0.25) is 9.59 Å². The Hall–Kier alpha value is -1.62. The molecule has 0 saturated carbocycles. The Bertz CT molecular complexity index is 533. The predicted octanol–water partition coefficient (Wildman–Crippen LogP) is 4.64. The van der Waals surface area contributed by atoms with Crippen molar-refractivity contribution in [2.24, 2.45) is 11.8 Å². The minimum atomic E-state index is -0.751. The number of ketones is 1. The zero-order chi connectivity index (χ0) is 20.3. The Morgan fingerprint density at radius 2 is 1.96 bits per heavy atom. The van der Waals surface area contributed by atoms with Crippen molar-refractivity contribution < 1.29 is 24.5 Å². The minimum absolute atomic E-state index is 0.0624. The second-order valence-corrected chi connectivity index (χ2v) is 7.87. The third kappa shape index (κ3) is 8.74. The van der Waals surface area contributed by atoms with Crippen LogP contribution >= 0.6 is 0 Å². The van der Waals surface area contributed by atoms with Gasteiger partial charge in [0.1, 0.15) is 0 Å². The topological polar surface area (TPSA) is 83.8 Å². The minimum Gasteiger partial charge on any atom is -0.512 e. The quantitative estimate of drug-likeness (QED) is 0.276. The Balaban J connectivity index is 2.43. The van der Waals surface area contributed by atoms with Gasteiger partial charge in [0.05, 0.1) is 18.5 Å². The van der Waals surface area contributed by atoms with Crippen molar-refractivity contribution in [1.29, 1.82) is 0 Å². The van der Waals surface area contributed by atoms with Gasteiger partial charge in [-0.25, -0.2) is 0 Å². The van der Waals surface area contributed by atoms with Crippen LogP contribution in [0.3, 0.4) is 0 Å². The molecule has 0 fully saturated rings. The van der Waals surface area contributed by atoms with Crippen LogP contribution in [-0.4, -0.2) is 34.7 Å². The number of aliphatic hydroxyl groups excluding tert-OH is 1. The number of aliphatic hydroxyl groups is 2. The van der Waals surface area contributed by atoms with Crippen LogP contribution in [0, 0.1) is 11.8 Å². The van der Waals surface area contributed by atoms with E-state index in [2.05, 4.69) is 11.7 Å². The largest absolute Gasteiger partial charge is 0.512 e. The molecule has 5 nitrogen and oxygen atoms in total. The Labute approximate surface area is 163 Å². The number of esters is 1. The van der Waals surface area contributed by atoms with Gasteiger partial charge in [0, 0.05) is 24.3 Å². The van der Waals surface area contributed by atoms with E-state index in [4.69, 9.17) is 0 Å². The number of unbranched alkanes of at least 4 members (excludes halogenated alkanes) is 4. The zero-order valence-electron chi connectivity index (χ0n) is 17.1. The van der Waals surface area contributed by atoms with Crippen LogP contribution in [0.25, 0.3) is 0 Å². The smallest absolute Gasteiger partial charge is 0.305 e. The fourth-order valence-electron chi connectivity index (χ4n) is 3.51. The van der Waals surface area contributed by atoms with Gasteiger partial charge < -0.3 is 14.9 Å². The summed E-state index contributed by atoms with van der Waals surface area (Å²) in [6.07, 6.45) is 13.1.